The molecule has 6 rings (SSSR count). The quantitative estimate of drug-likeness (QED) is 0.145. The number of rotatable bonds is 9. The zero-order valence-electron chi connectivity index (χ0n) is 24.5. The fourth-order valence-electron chi connectivity index (χ4n) is 4.94. The summed E-state index contributed by atoms with van der Waals surface area (Å²) in [5.41, 5.74) is 1.97. The second-order valence-electron chi connectivity index (χ2n) is 10.5. The maximum atomic E-state index is 14.2. The summed E-state index contributed by atoms with van der Waals surface area (Å²) >= 11 is 0. The van der Waals surface area contributed by atoms with E-state index in [1.54, 1.807) is 30.3 Å². The van der Waals surface area contributed by atoms with E-state index in [-0.39, 0.29) is 15.5 Å². The normalized spacial score (nSPS) is 12.6. The van der Waals surface area contributed by atoms with Gasteiger partial charge in [-0.15, -0.1) is 0 Å². The van der Waals surface area contributed by atoms with Gasteiger partial charge in [-0.2, -0.15) is 16.8 Å². The number of benzene rings is 6. The van der Waals surface area contributed by atoms with Gasteiger partial charge in [-0.05, 0) is 108 Å². The standard InChI is InChI=1S/C36H30O6S3/c1-27-13-20-34(21-14-27)43(32-9-5-3-6-10-32,33-11-7-4-8-12-33)42-45(39,40)36-24-18-29-25-31(19-17-30(29)26-36)41-44(37,38)35-22-15-28(2)16-23-35/h3-26H,1-2H3. The van der Waals surface area contributed by atoms with Crippen LogP contribution in [0.3, 0.4) is 0 Å². The molecule has 6 aromatic carbocycles. The average molecular weight is 655 g/mol. The van der Waals surface area contributed by atoms with Gasteiger partial charge in [0.25, 0.3) is 0 Å². The summed E-state index contributed by atoms with van der Waals surface area (Å²) in [5, 5.41) is 1.18. The Morgan fingerprint density at radius 3 is 1.42 bits per heavy atom. The highest BCUT2D eigenvalue weighted by atomic mass is 32.3. The summed E-state index contributed by atoms with van der Waals surface area (Å²) in [4.78, 5) is 2.24. The van der Waals surface area contributed by atoms with Crippen molar-refractivity contribution in [2.75, 3.05) is 0 Å². The first-order chi connectivity index (χ1) is 21.6. The van der Waals surface area contributed by atoms with E-state index in [0.717, 1.165) is 25.8 Å². The second-order valence-corrected chi connectivity index (χ2v) is 16.5. The fourth-order valence-corrected chi connectivity index (χ4v) is 11.1. The number of hydrogen-bond donors (Lipinski definition) is 0. The molecule has 0 fully saturated rings. The van der Waals surface area contributed by atoms with Crippen molar-refractivity contribution in [3.05, 3.63) is 157 Å². The Morgan fingerprint density at radius 1 is 0.422 bits per heavy atom. The van der Waals surface area contributed by atoms with Crippen LogP contribution in [0.5, 0.6) is 5.75 Å². The van der Waals surface area contributed by atoms with Gasteiger partial charge in [0.15, 0.2) is 0 Å². The van der Waals surface area contributed by atoms with Crippen molar-refractivity contribution >= 4 is 41.3 Å². The van der Waals surface area contributed by atoms with Gasteiger partial charge in [-0.1, -0.05) is 83.9 Å². The summed E-state index contributed by atoms with van der Waals surface area (Å²) in [6, 6.07) is 42.3. The van der Waals surface area contributed by atoms with Crippen LogP contribution in [0.15, 0.2) is 170 Å². The second kappa shape index (κ2) is 12.2. The molecule has 0 saturated heterocycles. The first-order valence-corrected chi connectivity index (χ1v) is 18.5. The van der Waals surface area contributed by atoms with Crippen molar-refractivity contribution in [1.82, 2.24) is 0 Å². The lowest BCUT2D eigenvalue weighted by Gasteiger charge is -2.39. The van der Waals surface area contributed by atoms with E-state index in [1.807, 2.05) is 98.8 Å². The molecule has 6 nitrogen and oxygen atoms in total. The number of fused-ring (bicyclic) bond motifs is 1. The van der Waals surface area contributed by atoms with Gasteiger partial charge in [0.05, 0.1) is 4.90 Å². The molecule has 0 aliphatic rings. The third-order valence-corrected chi connectivity index (χ3v) is 13.7. The van der Waals surface area contributed by atoms with E-state index < -0.39 is 30.5 Å². The third-order valence-electron chi connectivity index (χ3n) is 7.28. The van der Waals surface area contributed by atoms with Crippen molar-refractivity contribution in [2.24, 2.45) is 0 Å². The van der Waals surface area contributed by atoms with Crippen molar-refractivity contribution in [3.63, 3.8) is 0 Å². The lowest BCUT2D eigenvalue weighted by molar-refractivity contribution is 0.486. The molecule has 0 atom stereocenters. The number of aryl methyl sites for hydroxylation is 2. The molecule has 9 heteroatoms. The van der Waals surface area contributed by atoms with Crippen LogP contribution < -0.4 is 4.18 Å². The van der Waals surface area contributed by atoms with Crippen LogP contribution in [0.25, 0.3) is 10.8 Å². The minimum atomic E-state index is -4.33. The summed E-state index contributed by atoms with van der Waals surface area (Å²) in [5.74, 6) is 0.117. The molecule has 0 N–H and O–H groups in total. The van der Waals surface area contributed by atoms with Crippen molar-refractivity contribution in [2.45, 2.75) is 38.3 Å². The SMILES string of the molecule is Cc1ccc(S(OS(=O)(=O)c2ccc3cc(OS(=O)(=O)c4ccc(C)cc4)ccc3c2)(c2ccccc2)c2ccccc2)cc1. The minimum absolute atomic E-state index is 0.0215. The van der Waals surface area contributed by atoms with E-state index in [2.05, 4.69) is 0 Å². The van der Waals surface area contributed by atoms with Crippen LogP contribution in [-0.4, -0.2) is 16.8 Å². The van der Waals surface area contributed by atoms with Crippen molar-refractivity contribution in [1.29, 1.82) is 0 Å². The largest absolute Gasteiger partial charge is 0.379 e. The average Bonchev–Trinajstić information content (AvgIpc) is 3.04. The molecule has 0 amide bonds. The van der Waals surface area contributed by atoms with E-state index in [0.29, 0.717) is 10.8 Å². The highest BCUT2D eigenvalue weighted by Crippen LogP contribution is 2.70. The Kier molecular flexibility index (Phi) is 8.28. The molecule has 0 aliphatic carbocycles. The monoisotopic (exact) mass is 654 g/mol. The van der Waals surface area contributed by atoms with Gasteiger partial charge in [0.1, 0.15) is 10.6 Å². The van der Waals surface area contributed by atoms with Gasteiger partial charge >= 0.3 is 20.2 Å². The smallest absolute Gasteiger partial charge is 0.339 e. The lowest BCUT2D eigenvalue weighted by Crippen LogP contribution is -2.14. The Balaban J connectivity index is 1.40. The van der Waals surface area contributed by atoms with E-state index in [9.17, 15) is 16.8 Å². The highest BCUT2D eigenvalue weighted by Gasteiger charge is 2.38. The van der Waals surface area contributed by atoms with E-state index in [1.165, 1.54) is 30.3 Å². The van der Waals surface area contributed by atoms with Crippen LogP contribution in [0.4, 0.5) is 0 Å². The predicted molar refractivity (Wildman–Crippen MR) is 178 cm³/mol. The first kappa shape index (κ1) is 30.6. The molecule has 0 bridgehead atoms. The molecular formula is C36H30O6S3. The molecule has 0 heterocycles. The minimum Gasteiger partial charge on any atom is -0.379 e. The van der Waals surface area contributed by atoms with Crippen LogP contribution in [0, 0.1) is 13.8 Å². The Hall–Kier alpha value is -4.41. The van der Waals surface area contributed by atoms with Crippen LogP contribution in [0.2, 0.25) is 0 Å². The molecule has 6 aromatic rings. The Labute approximate surface area is 265 Å². The maximum Gasteiger partial charge on any atom is 0.339 e. The van der Waals surface area contributed by atoms with Crippen LogP contribution in [-0.2, 0) is 23.9 Å². The molecule has 45 heavy (non-hydrogen) atoms. The van der Waals surface area contributed by atoms with Crippen molar-refractivity contribution in [3.8, 4) is 5.75 Å². The Morgan fingerprint density at radius 2 is 0.867 bits per heavy atom. The summed E-state index contributed by atoms with van der Waals surface area (Å²) in [6.07, 6.45) is 0. The van der Waals surface area contributed by atoms with Gasteiger partial charge < -0.3 is 4.18 Å². The van der Waals surface area contributed by atoms with Crippen LogP contribution >= 0.6 is 10.3 Å². The van der Waals surface area contributed by atoms with Crippen LogP contribution in [0.1, 0.15) is 11.1 Å². The molecule has 0 aromatic heterocycles. The third kappa shape index (κ3) is 6.25. The zero-order chi connectivity index (χ0) is 31.7. The highest BCUT2D eigenvalue weighted by molar-refractivity contribution is 8.33. The summed E-state index contributed by atoms with van der Waals surface area (Å²) in [6.45, 7) is 3.85. The van der Waals surface area contributed by atoms with Crippen molar-refractivity contribution < 1.29 is 24.6 Å². The lowest BCUT2D eigenvalue weighted by atomic mass is 10.1. The number of hydrogen-bond acceptors (Lipinski definition) is 6. The van der Waals surface area contributed by atoms with Gasteiger partial charge in [0.2, 0.25) is 0 Å². The van der Waals surface area contributed by atoms with Gasteiger partial charge in [-0.25, -0.2) is 3.63 Å². The fraction of sp³-hybridized carbons (Fsp3) is 0.0556. The first-order valence-electron chi connectivity index (χ1n) is 14.1. The van der Waals surface area contributed by atoms with E-state index in [4.69, 9.17) is 7.81 Å². The molecular weight excluding hydrogens is 625 g/mol. The Bertz CT molecular complexity index is 2140. The molecule has 0 radical (unpaired) electrons. The van der Waals surface area contributed by atoms with Gasteiger partial charge in [0, 0.05) is 14.7 Å². The van der Waals surface area contributed by atoms with Gasteiger partial charge in [-0.3, -0.25) is 0 Å². The predicted octanol–water partition coefficient (Wildman–Crippen LogP) is 8.83. The topological polar surface area (TPSA) is 86.7 Å². The van der Waals surface area contributed by atoms with E-state index >= 15 is 0 Å². The zero-order valence-corrected chi connectivity index (χ0v) is 27.0. The summed E-state index contributed by atoms with van der Waals surface area (Å²) < 4.78 is 65.9. The maximum absolute atomic E-state index is 14.2. The molecule has 0 saturated carbocycles. The molecule has 0 spiro atoms. The molecule has 0 aliphatic heterocycles. The molecule has 228 valence electrons. The summed E-state index contributed by atoms with van der Waals surface area (Å²) in [7, 11) is -11.1. The molecule has 0 unspecified atom stereocenters.